The van der Waals surface area contributed by atoms with Crippen LogP contribution in [0.3, 0.4) is 0 Å². The Balaban J connectivity index is 1.48. The van der Waals surface area contributed by atoms with Crippen LogP contribution in [-0.2, 0) is 0 Å². The van der Waals surface area contributed by atoms with Crippen molar-refractivity contribution >= 4 is 39.5 Å². The average Bonchev–Trinajstić information content (AvgIpc) is 3.49. The number of thiophene rings is 1. The van der Waals surface area contributed by atoms with Gasteiger partial charge < -0.3 is 4.42 Å². The summed E-state index contributed by atoms with van der Waals surface area (Å²) < 4.78 is 7.70. The van der Waals surface area contributed by atoms with Crippen LogP contribution in [0.25, 0.3) is 33.1 Å². The van der Waals surface area contributed by atoms with Crippen LogP contribution in [-0.4, -0.2) is 20.4 Å². The van der Waals surface area contributed by atoms with E-state index in [0.717, 1.165) is 10.4 Å². The molecule has 0 saturated carbocycles. The number of fused-ring (bicyclic) bond motifs is 1. The third-order valence-electron chi connectivity index (χ3n) is 4.40. The molecule has 0 aliphatic rings. The van der Waals surface area contributed by atoms with E-state index >= 15 is 0 Å². The number of nitrogens with zero attached hydrogens (tertiary/aromatic N) is 3. The lowest BCUT2D eigenvalue weighted by Gasteiger charge is -1.98. The Morgan fingerprint density at radius 1 is 1.14 bits per heavy atom. The van der Waals surface area contributed by atoms with Gasteiger partial charge in [-0.15, -0.1) is 16.4 Å². The van der Waals surface area contributed by atoms with Crippen molar-refractivity contribution in [3.05, 3.63) is 80.1 Å². The van der Waals surface area contributed by atoms with Gasteiger partial charge in [0.25, 0.3) is 5.56 Å². The van der Waals surface area contributed by atoms with E-state index in [4.69, 9.17) is 4.42 Å². The van der Waals surface area contributed by atoms with E-state index in [9.17, 15) is 9.59 Å². The summed E-state index contributed by atoms with van der Waals surface area (Å²) in [5, 5.41) is 6.28. The van der Waals surface area contributed by atoms with Crippen molar-refractivity contribution in [1.29, 1.82) is 0 Å². The van der Waals surface area contributed by atoms with Gasteiger partial charge in [-0.05, 0) is 30.5 Å². The maximum Gasteiger partial charge on any atom is 0.291 e. The van der Waals surface area contributed by atoms with Gasteiger partial charge in [0, 0.05) is 17.2 Å². The number of aromatic nitrogens is 3. The summed E-state index contributed by atoms with van der Waals surface area (Å²) in [6.07, 6.45) is 1.70. The molecule has 0 atom stereocenters. The number of furan rings is 1. The second-order valence-electron chi connectivity index (χ2n) is 6.36. The van der Waals surface area contributed by atoms with E-state index in [0.29, 0.717) is 32.4 Å². The number of carbonyl (C=O) groups is 1. The minimum Gasteiger partial charge on any atom is -0.457 e. The molecule has 0 radical (unpaired) electrons. The van der Waals surface area contributed by atoms with Crippen molar-refractivity contribution in [1.82, 2.24) is 14.6 Å². The molecular formula is C21H13N3O3S2. The Hall–Kier alpha value is -3.36. The Kier molecular flexibility index (Phi) is 4.22. The number of carbonyl (C=O) groups excluding carboxylic acids is 1. The Morgan fingerprint density at radius 3 is 2.66 bits per heavy atom. The summed E-state index contributed by atoms with van der Waals surface area (Å²) in [5.41, 5.74) is 1.30. The second kappa shape index (κ2) is 6.91. The molecule has 5 rings (SSSR count). The number of Topliss-reactive ketones (excluding diaryl/α,β-unsaturated/α-hetero) is 1. The van der Waals surface area contributed by atoms with Gasteiger partial charge in [-0.25, -0.2) is 0 Å². The van der Waals surface area contributed by atoms with Crippen molar-refractivity contribution in [2.24, 2.45) is 0 Å². The minimum atomic E-state index is -0.218. The molecule has 4 aromatic heterocycles. The van der Waals surface area contributed by atoms with E-state index < -0.39 is 0 Å². The molecule has 0 unspecified atom stereocenters. The van der Waals surface area contributed by atoms with Crippen molar-refractivity contribution in [3.63, 3.8) is 0 Å². The topological polar surface area (TPSA) is 77.5 Å². The molecule has 29 heavy (non-hydrogen) atoms. The van der Waals surface area contributed by atoms with Crippen molar-refractivity contribution < 1.29 is 9.21 Å². The van der Waals surface area contributed by atoms with Crippen LogP contribution in [0.4, 0.5) is 0 Å². The van der Waals surface area contributed by atoms with Crippen LogP contribution in [0.5, 0.6) is 0 Å². The zero-order valence-electron chi connectivity index (χ0n) is 15.2. The molecule has 142 valence electrons. The molecule has 0 amide bonds. The van der Waals surface area contributed by atoms with E-state index in [1.165, 1.54) is 34.1 Å². The van der Waals surface area contributed by atoms with E-state index in [1.807, 2.05) is 35.7 Å². The van der Waals surface area contributed by atoms with Gasteiger partial charge in [-0.3, -0.25) is 9.59 Å². The molecule has 0 aliphatic heterocycles. The Bertz CT molecular complexity index is 1440. The quantitative estimate of drug-likeness (QED) is 0.413. The van der Waals surface area contributed by atoms with Crippen LogP contribution >= 0.6 is 22.7 Å². The molecule has 5 aromatic rings. The highest BCUT2D eigenvalue weighted by atomic mass is 32.1. The predicted octanol–water partition coefficient (Wildman–Crippen LogP) is 3.89. The van der Waals surface area contributed by atoms with Gasteiger partial charge in [-0.2, -0.15) is 9.50 Å². The fourth-order valence-corrected chi connectivity index (χ4v) is 4.47. The fourth-order valence-electron chi connectivity index (χ4n) is 2.93. The van der Waals surface area contributed by atoms with Crippen LogP contribution in [0.15, 0.2) is 63.1 Å². The number of hydrogen-bond acceptors (Lipinski definition) is 7. The lowest BCUT2D eigenvalue weighted by Crippen LogP contribution is -2.23. The Morgan fingerprint density at radius 2 is 1.97 bits per heavy atom. The molecule has 4 heterocycles. The summed E-state index contributed by atoms with van der Waals surface area (Å²) in [4.78, 5) is 30.0. The molecule has 0 aliphatic carbocycles. The zero-order valence-corrected chi connectivity index (χ0v) is 16.8. The minimum absolute atomic E-state index is 0.0199. The number of hydrogen-bond donors (Lipinski definition) is 0. The molecule has 0 bridgehead atoms. The maximum atomic E-state index is 12.7. The summed E-state index contributed by atoms with van der Waals surface area (Å²) in [7, 11) is 0. The third kappa shape index (κ3) is 3.22. The van der Waals surface area contributed by atoms with Crippen molar-refractivity contribution in [3.8, 4) is 22.0 Å². The number of ketones is 1. The SMILES string of the molecule is CC(=O)c1ccc(-c2ccc(/C=c3\sc4nc(-c5cccs5)nn4c3=O)o2)cc1. The molecule has 0 N–H and O–H groups in total. The van der Waals surface area contributed by atoms with Crippen LogP contribution in [0.2, 0.25) is 0 Å². The highest BCUT2D eigenvalue weighted by molar-refractivity contribution is 7.15. The van der Waals surface area contributed by atoms with Gasteiger partial charge in [0.2, 0.25) is 4.96 Å². The summed E-state index contributed by atoms with van der Waals surface area (Å²) in [5.74, 6) is 1.81. The molecule has 8 heteroatoms. The number of rotatable bonds is 4. The van der Waals surface area contributed by atoms with E-state index in [-0.39, 0.29) is 11.3 Å². The first-order valence-electron chi connectivity index (χ1n) is 8.75. The highest BCUT2D eigenvalue weighted by Crippen LogP contribution is 2.24. The van der Waals surface area contributed by atoms with Crippen LogP contribution in [0.1, 0.15) is 23.0 Å². The molecule has 6 nitrogen and oxygen atoms in total. The molecule has 0 spiro atoms. The first-order chi connectivity index (χ1) is 14.1. The van der Waals surface area contributed by atoms with Gasteiger partial charge in [0.15, 0.2) is 11.6 Å². The standard InChI is InChI=1S/C21H13N3O3S2/c1-12(25)13-4-6-14(7-5-13)16-9-8-15(27-16)11-18-20(26)24-21(29-18)22-19(23-24)17-3-2-10-28-17/h2-11H,1H3/b18-11-. The molecular weight excluding hydrogens is 406 g/mol. The van der Waals surface area contributed by atoms with Gasteiger partial charge >= 0.3 is 0 Å². The maximum absolute atomic E-state index is 12.7. The van der Waals surface area contributed by atoms with Crippen LogP contribution < -0.4 is 10.1 Å². The van der Waals surface area contributed by atoms with E-state index in [1.54, 1.807) is 24.3 Å². The highest BCUT2D eigenvalue weighted by Gasteiger charge is 2.13. The van der Waals surface area contributed by atoms with Gasteiger partial charge in [-0.1, -0.05) is 41.7 Å². The molecule has 0 saturated heterocycles. The first kappa shape index (κ1) is 17.7. The lowest BCUT2D eigenvalue weighted by atomic mass is 10.1. The zero-order chi connectivity index (χ0) is 20.0. The number of thiazole rings is 1. The number of benzene rings is 1. The lowest BCUT2D eigenvalue weighted by molar-refractivity contribution is 0.101. The second-order valence-corrected chi connectivity index (χ2v) is 8.32. The fraction of sp³-hybridized carbons (Fsp3) is 0.0476. The normalized spacial score (nSPS) is 12.1. The van der Waals surface area contributed by atoms with Crippen molar-refractivity contribution in [2.75, 3.05) is 0 Å². The van der Waals surface area contributed by atoms with E-state index in [2.05, 4.69) is 10.1 Å². The Labute approximate surface area is 172 Å². The smallest absolute Gasteiger partial charge is 0.291 e. The van der Waals surface area contributed by atoms with Gasteiger partial charge in [0.1, 0.15) is 16.1 Å². The van der Waals surface area contributed by atoms with Crippen molar-refractivity contribution in [2.45, 2.75) is 6.92 Å². The molecule has 0 fully saturated rings. The van der Waals surface area contributed by atoms with Crippen LogP contribution in [0, 0.1) is 0 Å². The van der Waals surface area contributed by atoms with Gasteiger partial charge in [0.05, 0.1) is 4.88 Å². The largest absolute Gasteiger partial charge is 0.457 e. The summed E-state index contributed by atoms with van der Waals surface area (Å²) in [6.45, 7) is 1.53. The summed E-state index contributed by atoms with van der Waals surface area (Å²) >= 11 is 2.81. The monoisotopic (exact) mass is 419 g/mol. The first-order valence-corrected chi connectivity index (χ1v) is 10.4. The summed E-state index contributed by atoms with van der Waals surface area (Å²) in [6, 6.07) is 14.7. The third-order valence-corrected chi connectivity index (χ3v) is 6.22. The average molecular weight is 419 g/mol. The molecule has 1 aromatic carbocycles. The predicted molar refractivity (Wildman–Crippen MR) is 113 cm³/mol.